The molecule has 0 fully saturated rings. The number of carbonyl (C=O) groups is 5. The van der Waals surface area contributed by atoms with Crippen molar-refractivity contribution in [2.75, 3.05) is 17.3 Å². The fourth-order valence-corrected chi connectivity index (χ4v) is 3.83. The molecule has 0 radical (unpaired) electrons. The first-order valence-corrected chi connectivity index (χ1v) is 9.72. The van der Waals surface area contributed by atoms with Gasteiger partial charge in [-0.05, 0) is 48.5 Å². The van der Waals surface area contributed by atoms with Crippen molar-refractivity contribution in [3.8, 4) is 0 Å². The molecule has 3 aromatic carbocycles. The summed E-state index contributed by atoms with van der Waals surface area (Å²) in [6.45, 7) is 0. The highest BCUT2D eigenvalue weighted by Gasteiger charge is 2.39. The van der Waals surface area contributed by atoms with Crippen molar-refractivity contribution in [2.24, 2.45) is 0 Å². The van der Waals surface area contributed by atoms with Gasteiger partial charge in [0, 0.05) is 18.3 Å². The van der Waals surface area contributed by atoms with Crippen LogP contribution >= 0.6 is 0 Å². The molecule has 3 aromatic rings. The van der Waals surface area contributed by atoms with Crippen LogP contribution in [0, 0.1) is 0 Å². The molecule has 0 saturated heterocycles. The van der Waals surface area contributed by atoms with Crippen molar-refractivity contribution >= 4 is 40.9 Å². The van der Waals surface area contributed by atoms with Crippen molar-refractivity contribution in [3.63, 3.8) is 0 Å². The number of rotatable bonds is 3. The van der Waals surface area contributed by atoms with Crippen LogP contribution in [0.4, 0.5) is 11.4 Å². The third-order valence-electron chi connectivity index (χ3n) is 5.51. The van der Waals surface area contributed by atoms with Gasteiger partial charge in [0.2, 0.25) is 0 Å². The third kappa shape index (κ3) is 2.81. The molecule has 0 spiro atoms. The Kier molecular flexibility index (Phi) is 4.23. The van der Waals surface area contributed by atoms with E-state index in [1.54, 1.807) is 36.4 Å². The van der Waals surface area contributed by atoms with E-state index >= 15 is 0 Å². The first kappa shape index (κ1) is 19.4. The van der Waals surface area contributed by atoms with Gasteiger partial charge < -0.3 is 5.32 Å². The summed E-state index contributed by atoms with van der Waals surface area (Å²) in [5.41, 5.74) is 1.72. The van der Waals surface area contributed by atoms with Gasteiger partial charge in [0.1, 0.15) is 0 Å². The molecule has 5 rings (SSSR count). The van der Waals surface area contributed by atoms with Crippen LogP contribution in [0.3, 0.4) is 0 Å². The zero-order valence-corrected chi connectivity index (χ0v) is 16.8. The van der Waals surface area contributed by atoms with Crippen LogP contribution < -0.4 is 10.2 Å². The zero-order chi connectivity index (χ0) is 22.6. The molecule has 2 heterocycles. The maximum atomic E-state index is 13.1. The molecule has 8 heteroatoms. The van der Waals surface area contributed by atoms with Crippen molar-refractivity contribution < 1.29 is 24.0 Å². The number of carbonyl (C=O) groups excluding carboxylic acids is 5. The van der Waals surface area contributed by atoms with Gasteiger partial charge in [0.25, 0.3) is 29.5 Å². The average Bonchev–Trinajstić information content (AvgIpc) is 3.18. The second kappa shape index (κ2) is 6.98. The zero-order valence-electron chi connectivity index (χ0n) is 16.8. The SMILES string of the molecule is CN1C(=O)c2ccc(N3C(=O)c4ccc(NC(=O)c5ccccc5)cc4C3=O)cc2C1=O. The van der Waals surface area contributed by atoms with E-state index < -0.39 is 23.6 Å². The van der Waals surface area contributed by atoms with E-state index in [-0.39, 0.29) is 33.8 Å². The number of nitrogens with zero attached hydrogens (tertiary/aromatic N) is 2. The highest BCUT2D eigenvalue weighted by Crippen LogP contribution is 2.33. The van der Waals surface area contributed by atoms with Crippen LogP contribution in [0.1, 0.15) is 51.8 Å². The number of amides is 5. The van der Waals surface area contributed by atoms with E-state index in [0.717, 1.165) is 9.80 Å². The lowest BCUT2D eigenvalue weighted by atomic mass is 10.1. The largest absolute Gasteiger partial charge is 0.322 e. The van der Waals surface area contributed by atoms with Crippen LogP contribution in [0.15, 0.2) is 66.7 Å². The topological polar surface area (TPSA) is 104 Å². The molecule has 156 valence electrons. The number of anilines is 2. The predicted molar refractivity (Wildman–Crippen MR) is 115 cm³/mol. The molecular weight excluding hydrogens is 410 g/mol. The molecule has 0 atom stereocenters. The molecule has 0 unspecified atom stereocenters. The third-order valence-corrected chi connectivity index (χ3v) is 5.51. The molecular formula is C24H15N3O5. The van der Waals surface area contributed by atoms with Gasteiger partial charge in [-0.3, -0.25) is 28.9 Å². The van der Waals surface area contributed by atoms with Crippen molar-refractivity contribution in [1.82, 2.24) is 4.90 Å². The Bertz CT molecular complexity index is 1360. The van der Waals surface area contributed by atoms with Crippen LogP contribution in [0.2, 0.25) is 0 Å². The van der Waals surface area contributed by atoms with Gasteiger partial charge in [-0.15, -0.1) is 0 Å². The van der Waals surface area contributed by atoms with E-state index in [2.05, 4.69) is 5.32 Å². The van der Waals surface area contributed by atoms with Crippen LogP contribution in [0.5, 0.6) is 0 Å². The first-order chi connectivity index (χ1) is 15.4. The highest BCUT2D eigenvalue weighted by atomic mass is 16.2. The summed E-state index contributed by atoms with van der Waals surface area (Å²) in [6, 6.07) is 17.4. The number of hydrogen-bond donors (Lipinski definition) is 1. The lowest BCUT2D eigenvalue weighted by Gasteiger charge is -2.14. The highest BCUT2D eigenvalue weighted by molar-refractivity contribution is 6.35. The Labute approximate surface area is 182 Å². The summed E-state index contributed by atoms with van der Waals surface area (Å²) >= 11 is 0. The fourth-order valence-electron chi connectivity index (χ4n) is 3.83. The summed E-state index contributed by atoms with van der Waals surface area (Å²) in [6.07, 6.45) is 0. The van der Waals surface area contributed by atoms with E-state index in [4.69, 9.17) is 0 Å². The minimum Gasteiger partial charge on any atom is -0.322 e. The van der Waals surface area contributed by atoms with E-state index in [0.29, 0.717) is 11.3 Å². The maximum Gasteiger partial charge on any atom is 0.266 e. The standard InChI is InChI=1S/C24H15N3O5/c1-26-21(29)16-10-8-15(12-19(16)22(26)30)27-23(31)17-9-7-14(11-18(17)24(27)32)25-20(28)13-5-3-2-4-6-13/h2-12H,1H3,(H,25,28). The maximum absolute atomic E-state index is 13.1. The van der Waals surface area contributed by atoms with Gasteiger partial charge in [-0.2, -0.15) is 0 Å². The normalized spacial score (nSPS) is 14.7. The Morgan fingerprint density at radius 2 is 1.28 bits per heavy atom. The van der Waals surface area contributed by atoms with Crippen LogP contribution in [-0.2, 0) is 0 Å². The summed E-state index contributed by atoms with van der Waals surface area (Å²) in [4.78, 5) is 64.7. The lowest BCUT2D eigenvalue weighted by Crippen LogP contribution is -2.29. The molecule has 0 saturated carbocycles. The Hall–Kier alpha value is -4.59. The minimum absolute atomic E-state index is 0.140. The van der Waals surface area contributed by atoms with Crippen LogP contribution in [0.25, 0.3) is 0 Å². The van der Waals surface area contributed by atoms with Gasteiger partial charge in [-0.1, -0.05) is 18.2 Å². The van der Waals surface area contributed by atoms with Gasteiger partial charge in [0.05, 0.1) is 27.9 Å². The smallest absolute Gasteiger partial charge is 0.266 e. The minimum atomic E-state index is -0.578. The number of imide groups is 2. The summed E-state index contributed by atoms with van der Waals surface area (Å²) in [5, 5.41) is 2.72. The van der Waals surface area contributed by atoms with Gasteiger partial charge in [0.15, 0.2) is 0 Å². The van der Waals surface area contributed by atoms with Crippen LogP contribution in [-0.4, -0.2) is 41.5 Å². The summed E-state index contributed by atoms with van der Waals surface area (Å²) in [7, 11) is 1.37. The molecule has 0 bridgehead atoms. The molecule has 5 amide bonds. The quantitative estimate of drug-likeness (QED) is 0.650. The van der Waals surface area contributed by atoms with Gasteiger partial charge in [-0.25, -0.2) is 4.90 Å². The number of fused-ring (bicyclic) bond motifs is 2. The lowest BCUT2D eigenvalue weighted by molar-refractivity contribution is 0.0691. The number of nitrogens with one attached hydrogen (secondary N) is 1. The second-order valence-electron chi connectivity index (χ2n) is 7.43. The monoisotopic (exact) mass is 425 g/mol. The Morgan fingerprint density at radius 1 is 0.688 bits per heavy atom. The fraction of sp³-hybridized carbons (Fsp3) is 0.0417. The summed E-state index contributed by atoms with van der Waals surface area (Å²) in [5.74, 6) is -2.39. The van der Waals surface area contributed by atoms with Gasteiger partial charge >= 0.3 is 0 Å². The summed E-state index contributed by atoms with van der Waals surface area (Å²) < 4.78 is 0. The molecule has 2 aliphatic rings. The van der Waals surface area contributed by atoms with Crippen molar-refractivity contribution in [2.45, 2.75) is 0 Å². The average molecular weight is 425 g/mol. The van der Waals surface area contributed by atoms with E-state index in [9.17, 15) is 24.0 Å². The molecule has 1 N–H and O–H groups in total. The van der Waals surface area contributed by atoms with E-state index in [1.165, 1.54) is 37.4 Å². The van der Waals surface area contributed by atoms with Crippen molar-refractivity contribution in [1.29, 1.82) is 0 Å². The number of benzene rings is 3. The van der Waals surface area contributed by atoms with Crippen molar-refractivity contribution in [3.05, 3.63) is 94.5 Å². The molecule has 2 aliphatic heterocycles. The number of hydrogen-bond acceptors (Lipinski definition) is 5. The molecule has 32 heavy (non-hydrogen) atoms. The van der Waals surface area contributed by atoms with E-state index in [1.807, 2.05) is 0 Å². The first-order valence-electron chi connectivity index (χ1n) is 9.72. The Morgan fingerprint density at radius 3 is 2.03 bits per heavy atom. The molecule has 0 aromatic heterocycles. The molecule has 0 aliphatic carbocycles. The molecule has 8 nitrogen and oxygen atoms in total. The Balaban J connectivity index is 1.46. The second-order valence-corrected chi connectivity index (χ2v) is 7.43. The predicted octanol–water partition coefficient (Wildman–Crippen LogP) is 2.97.